The molecular weight excluding hydrogens is 1190 g/mol. The number of carboxylic acid groups (broad SMARTS) is 4. The van der Waals surface area contributed by atoms with Gasteiger partial charge in [0.15, 0.2) is 0 Å². The summed E-state index contributed by atoms with van der Waals surface area (Å²) < 4.78 is 16.6. The fraction of sp³-hybridized carbons (Fsp3) is 0.605. The van der Waals surface area contributed by atoms with Crippen molar-refractivity contribution in [3.05, 3.63) is 35.6 Å². The molecule has 0 aliphatic rings. The van der Waals surface area contributed by atoms with Crippen LogP contribution in [0, 0.1) is 0 Å². The predicted molar refractivity (Wildman–Crippen MR) is 250 cm³/mol. The molecule has 25 nitrogen and oxygen atoms in total. The summed E-state index contributed by atoms with van der Waals surface area (Å²) in [5.41, 5.74) is 8.31. The number of hydrogen-bond donors (Lipinski definition) is 13. The molecular formula is C43H67CmFN9O16Si-. The van der Waals surface area contributed by atoms with Crippen LogP contribution in [0.3, 0.4) is 0 Å². The molecule has 0 heterocycles. The molecule has 0 radical (unpaired) electrons. The van der Waals surface area contributed by atoms with E-state index in [2.05, 4.69) is 31.9 Å². The number of halogens is 1. The van der Waals surface area contributed by atoms with Gasteiger partial charge < -0.3 is 77.9 Å². The number of carbonyl (C=O) groups is 11. The zero-order valence-electron chi connectivity index (χ0n) is 40.3. The van der Waals surface area contributed by atoms with Gasteiger partial charge >= 0.3 is 29.9 Å². The summed E-state index contributed by atoms with van der Waals surface area (Å²) in [4.78, 5) is 132. The largest absolute Gasteiger partial charge is 0.665 e. The summed E-state index contributed by atoms with van der Waals surface area (Å²) >= 11 is 0. The Hall–Kier alpha value is -7.74. The zero-order valence-corrected chi connectivity index (χ0v) is 44.3. The standard InChI is InChI=1S/C43H67FN9O16Si.Cm/c1-42(2,3)70(44,43(4,5)6)25-11-9-24(10-12-25)35(60)49-22-26(45)36(61)51-30(23-54)37(62)48-21-18-32(56)47-20-17-31(55)46-19-7-8-27(38(63)64)50-33(57)15-13-28(39(65)66)52-41(69)53-29(40(67)68)14-16-34(58)59;/h9-12,26-30,45,54H,7-8,13-23H2,1-6H3,(H,46,55)(H,47,56)(H,48,62)(H,49,60)(H,50,57)(H,51,61)(H,58,59)(H,63,64)(H,65,66)(H,67,68)(H2,52,53,69);/q-1;/t26?,27?,28-,29-,30?;/m0./s1. The van der Waals surface area contributed by atoms with Crippen LogP contribution in [0.1, 0.15) is 103 Å². The Labute approximate surface area is 404 Å². The van der Waals surface area contributed by atoms with Crippen LogP contribution in [0.15, 0.2) is 24.3 Å². The summed E-state index contributed by atoms with van der Waals surface area (Å²) in [6, 6.07) is -2.98. The minimum Gasteiger partial charge on any atom is -0.665 e. The number of carboxylic acids is 4. The fourth-order valence-corrected chi connectivity index (χ4v) is 11.7. The van der Waals surface area contributed by atoms with Gasteiger partial charge in [0, 0.05) is 57.4 Å². The summed E-state index contributed by atoms with van der Waals surface area (Å²) in [5.74, 6) is -10.4. The maximum absolute atomic E-state index is 16.6. The average Bonchev–Trinajstić information content (AvgIpc) is 3.26. The molecule has 14 N–H and O–H groups in total. The molecule has 3 unspecified atom stereocenters. The molecule has 0 fully saturated rings. The van der Waals surface area contributed by atoms with Crippen molar-refractivity contribution in [3.63, 3.8) is 0 Å². The number of aliphatic carboxylic acids is 4. The van der Waals surface area contributed by atoms with E-state index in [1.807, 2.05) is 52.2 Å². The summed E-state index contributed by atoms with van der Waals surface area (Å²) in [7, 11) is -3.57. The molecule has 0 aliphatic heterocycles. The van der Waals surface area contributed by atoms with E-state index in [0.717, 1.165) is 0 Å². The molecule has 1 rings (SSSR count). The second-order valence-corrected chi connectivity index (χ2v) is 23.1. The van der Waals surface area contributed by atoms with E-state index in [4.69, 9.17) is 15.9 Å². The van der Waals surface area contributed by atoms with Crippen molar-refractivity contribution in [1.82, 2.24) is 42.5 Å². The average molecular weight is 1260 g/mol. The SMILES string of the molecule is CC(C)(C)[Si](F)(c1ccc(C(=O)NCC([NH-])C(=O)NC(CO)C(=O)NCCC(=O)NCCC(=O)NCCCC(NC(=O)CC[C@H](NC(=O)N[C@@H](CCC(=O)O)C(=O)O)C(=O)O)C(=O)O)cc1)C(C)(C)C.[Cm]. The van der Waals surface area contributed by atoms with Crippen LogP contribution in [-0.2, 0) is 43.2 Å². The zero-order chi connectivity index (χ0) is 53.6. The van der Waals surface area contributed by atoms with E-state index in [1.54, 1.807) is 12.1 Å². The quantitative estimate of drug-likeness (QED) is 0.0259. The maximum Gasteiger partial charge on any atom is 0.326 e. The van der Waals surface area contributed by atoms with Gasteiger partial charge in [-0.25, -0.2) is 19.2 Å². The van der Waals surface area contributed by atoms with Crippen LogP contribution >= 0.6 is 0 Å². The fourth-order valence-electron chi connectivity index (χ4n) is 7.09. The molecule has 0 spiro atoms. The monoisotopic (exact) mass is 1260 g/mol. The van der Waals surface area contributed by atoms with Crippen molar-refractivity contribution < 1.29 is 82.4 Å². The van der Waals surface area contributed by atoms with Crippen LogP contribution in [0.4, 0.5) is 8.90 Å². The first-order valence-corrected chi connectivity index (χ1v) is 24.1. The van der Waals surface area contributed by atoms with Gasteiger partial charge in [0.2, 0.25) is 29.5 Å². The molecule has 0 aliphatic carbocycles. The van der Waals surface area contributed by atoms with Gasteiger partial charge in [-0.05, 0) is 59.1 Å². The van der Waals surface area contributed by atoms with Crippen molar-refractivity contribution in [2.45, 2.75) is 133 Å². The van der Waals surface area contributed by atoms with Crippen LogP contribution in [0.25, 0.3) is 5.73 Å². The predicted octanol–water partition coefficient (Wildman–Crippen LogP) is -0.635. The van der Waals surface area contributed by atoms with Crippen LogP contribution in [-0.4, -0.2) is 162 Å². The third-order valence-electron chi connectivity index (χ3n) is 10.7. The number of rotatable bonds is 30. The second-order valence-electron chi connectivity index (χ2n) is 18.2. The van der Waals surface area contributed by atoms with Gasteiger partial charge in [-0.2, -0.15) is 0 Å². The van der Waals surface area contributed by atoms with E-state index in [9.17, 15) is 68.1 Å². The molecule has 5 atom stereocenters. The van der Waals surface area contributed by atoms with Gasteiger partial charge in [-0.1, -0.05) is 53.7 Å². The van der Waals surface area contributed by atoms with E-state index >= 15 is 4.11 Å². The van der Waals surface area contributed by atoms with Gasteiger partial charge in [0.1, 0.15) is 24.2 Å². The van der Waals surface area contributed by atoms with Crippen molar-refractivity contribution >= 4 is 78.9 Å². The maximum atomic E-state index is 16.6. The normalized spacial score (nSPS) is 13.5. The molecule has 1 aromatic rings. The minimum absolute atomic E-state index is 0. The Bertz CT molecular complexity index is 2020. The van der Waals surface area contributed by atoms with Crippen LogP contribution in [0.2, 0.25) is 10.1 Å². The molecule has 8 amide bonds. The Balaban J connectivity index is 0.0000490. The molecule has 71 heavy (non-hydrogen) atoms. The third kappa shape index (κ3) is 21.6. The van der Waals surface area contributed by atoms with E-state index in [0.29, 0.717) is 5.19 Å². The van der Waals surface area contributed by atoms with Crippen LogP contribution in [0.5, 0.6) is 0 Å². The van der Waals surface area contributed by atoms with Crippen molar-refractivity contribution in [2.75, 3.05) is 32.8 Å². The van der Waals surface area contributed by atoms with E-state index in [1.165, 1.54) is 12.1 Å². The molecule has 400 valence electrons. The molecule has 28 heteroatoms. The van der Waals surface area contributed by atoms with E-state index < -0.39 is 153 Å². The van der Waals surface area contributed by atoms with E-state index in [-0.39, 0.29) is 50.9 Å². The first-order valence-electron chi connectivity index (χ1n) is 22.2. The van der Waals surface area contributed by atoms with Crippen LogP contribution < -0.4 is 47.7 Å². The summed E-state index contributed by atoms with van der Waals surface area (Å²) in [6.45, 7) is 9.42. The smallest absolute Gasteiger partial charge is 0.326 e. The number of benzene rings is 1. The Kier molecular flexibility index (Phi) is 26.1. The topological polar surface area (TPSA) is 409 Å². The molecule has 0 saturated carbocycles. The first kappa shape index (κ1) is 63.3. The minimum atomic E-state index is -3.57. The number of aliphatic hydroxyl groups excluding tert-OH is 1. The van der Waals surface area contributed by atoms with Crippen molar-refractivity contribution in [1.29, 1.82) is 0 Å². The number of hydrogen-bond acceptors (Lipinski definition) is 12. The molecule has 0 bridgehead atoms. The molecule has 1 aromatic carbocycles. The van der Waals surface area contributed by atoms with Gasteiger partial charge in [-0.15, -0.1) is 0 Å². The third-order valence-corrected chi connectivity index (χ3v) is 15.9. The van der Waals surface area contributed by atoms with Crippen molar-refractivity contribution in [2.24, 2.45) is 0 Å². The van der Waals surface area contributed by atoms with Crippen molar-refractivity contribution in [3.8, 4) is 0 Å². The number of urea groups is 1. The number of amides is 8. The first-order chi connectivity index (χ1) is 32.4. The number of nitrogens with one attached hydrogen (secondary N) is 9. The second kappa shape index (κ2) is 29.3. The molecule has 0 aromatic heterocycles. The van der Waals surface area contributed by atoms with Gasteiger partial charge in [0.25, 0.3) is 14.3 Å². The number of aliphatic hydroxyl groups is 1. The molecule has 0 saturated heterocycles. The Morgan fingerprint density at radius 3 is 1.51 bits per heavy atom. The number of carbonyl (C=O) groups excluding carboxylic acids is 7. The summed E-state index contributed by atoms with van der Waals surface area (Å²) in [6.07, 6.45) is -2.75. The summed E-state index contributed by atoms with van der Waals surface area (Å²) in [5, 5.41) is 63.9. The Morgan fingerprint density at radius 1 is 0.577 bits per heavy atom. The van der Waals surface area contributed by atoms with Gasteiger partial charge in [0.05, 0.1) is 6.61 Å². The Morgan fingerprint density at radius 2 is 1.04 bits per heavy atom. The van der Waals surface area contributed by atoms with Gasteiger partial charge in [-0.3, -0.25) is 33.6 Å².